The van der Waals surface area contributed by atoms with E-state index < -0.39 is 0 Å². The highest BCUT2D eigenvalue weighted by atomic mass is 16.1. The number of nitrogens with zero attached hydrogens (tertiary/aromatic N) is 2. The molecule has 1 saturated heterocycles. The van der Waals surface area contributed by atoms with Gasteiger partial charge in [0.15, 0.2) is 0 Å². The number of hydrogen-bond acceptors (Lipinski definition) is 3. The second-order valence-corrected chi connectivity index (χ2v) is 5.00. The lowest BCUT2D eigenvalue weighted by molar-refractivity contribution is -0.119. The number of rotatable bonds is 5. The van der Waals surface area contributed by atoms with Crippen molar-refractivity contribution in [3.8, 4) is 0 Å². The quantitative estimate of drug-likeness (QED) is 0.776. The molecule has 1 amide bonds. The van der Waals surface area contributed by atoms with E-state index in [9.17, 15) is 4.79 Å². The van der Waals surface area contributed by atoms with Crippen molar-refractivity contribution in [2.24, 2.45) is 0 Å². The van der Waals surface area contributed by atoms with Crippen molar-refractivity contribution in [3.05, 3.63) is 18.2 Å². The molecule has 1 atom stereocenters. The Bertz CT molecular complexity index is 410. The molecule has 92 valence electrons. The number of amides is 1. The molecule has 0 radical (unpaired) electrons. The first kappa shape index (κ1) is 10.8. The number of nitrogens with one attached hydrogen (secondary N) is 2. The van der Waals surface area contributed by atoms with Crippen LogP contribution in [0.25, 0.3) is 0 Å². The maximum atomic E-state index is 11.1. The minimum atomic E-state index is 0.174. The molecule has 2 heterocycles. The molecule has 2 N–H and O–H groups in total. The zero-order valence-corrected chi connectivity index (χ0v) is 9.85. The molecule has 2 fully saturated rings. The highest BCUT2D eigenvalue weighted by molar-refractivity contribution is 5.78. The van der Waals surface area contributed by atoms with Crippen LogP contribution in [0.15, 0.2) is 12.5 Å². The van der Waals surface area contributed by atoms with E-state index in [1.165, 1.54) is 18.5 Å². The van der Waals surface area contributed by atoms with Gasteiger partial charge in [0, 0.05) is 37.8 Å². The summed E-state index contributed by atoms with van der Waals surface area (Å²) in [6.45, 7) is 1.72. The Morgan fingerprint density at radius 2 is 2.35 bits per heavy atom. The lowest BCUT2D eigenvalue weighted by Crippen LogP contribution is -2.30. The Kier molecular flexibility index (Phi) is 2.84. The number of carbonyl (C=O) groups excluding carboxylic acids is 1. The molecule has 5 heteroatoms. The van der Waals surface area contributed by atoms with Crippen molar-refractivity contribution >= 4 is 5.91 Å². The van der Waals surface area contributed by atoms with Gasteiger partial charge in [-0.05, 0) is 19.3 Å². The smallest absolute Gasteiger partial charge is 0.220 e. The van der Waals surface area contributed by atoms with Gasteiger partial charge >= 0.3 is 0 Å². The molecular formula is C12H18N4O. The van der Waals surface area contributed by atoms with Gasteiger partial charge in [0.1, 0.15) is 0 Å². The lowest BCUT2D eigenvalue weighted by Gasteiger charge is -2.13. The number of carbonyl (C=O) groups is 1. The van der Waals surface area contributed by atoms with E-state index in [2.05, 4.69) is 20.2 Å². The Labute approximate surface area is 101 Å². The third kappa shape index (κ3) is 2.66. The molecule has 1 saturated carbocycles. The molecule has 1 unspecified atom stereocenters. The van der Waals surface area contributed by atoms with Gasteiger partial charge in [-0.1, -0.05) is 0 Å². The molecule has 2 aliphatic rings. The molecule has 3 rings (SSSR count). The van der Waals surface area contributed by atoms with Gasteiger partial charge in [-0.15, -0.1) is 0 Å². The van der Waals surface area contributed by atoms with Crippen LogP contribution in [0.2, 0.25) is 0 Å². The van der Waals surface area contributed by atoms with E-state index in [1.807, 2.05) is 12.5 Å². The summed E-state index contributed by atoms with van der Waals surface area (Å²) in [5.74, 6) is 0.174. The van der Waals surface area contributed by atoms with E-state index in [-0.39, 0.29) is 11.9 Å². The van der Waals surface area contributed by atoms with E-state index in [0.29, 0.717) is 12.5 Å². The Morgan fingerprint density at radius 3 is 3.06 bits per heavy atom. The largest absolute Gasteiger partial charge is 0.352 e. The third-order valence-electron chi connectivity index (χ3n) is 3.45. The summed E-state index contributed by atoms with van der Waals surface area (Å²) in [4.78, 5) is 15.3. The van der Waals surface area contributed by atoms with Crippen LogP contribution in [0.1, 0.15) is 31.4 Å². The molecule has 0 aromatic carbocycles. The number of aromatic nitrogens is 2. The highest BCUT2D eigenvalue weighted by Crippen LogP contribution is 2.19. The predicted molar refractivity (Wildman–Crippen MR) is 63.3 cm³/mol. The molecule has 5 nitrogen and oxygen atoms in total. The van der Waals surface area contributed by atoms with Crippen LogP contribution in [0, 0.1) is 0 Å². The maximum Gasteiger partial charge on any atom is 0.220 e. The summed E-state index contributed by atoms with van der Waals surface area (Å²) in [6, 6.07) is 0.987. The Balaban J connectivity index is 1.57. The molecular weight excluding hydrogens is 216 g/mol. The Morgan fingerprint density at radius 1 is 1.47 bits per heavy atom. The minimum absolute atomic E-state index is 0.174. The first-order valence-electron chi connectivity index (χ1n) is 6.33. The van der Waals surface area contributed by atoms with Gasteiger partial charge in [0.25, 0.3) is 0 Å². The summed E-state index contributed by atoms with van der Waals surface area (Å²) in [7, 11) is 0. The van der Waals surface area contributed by atoms with Crippen molar-refractivity contribution in [3.63, 3.8) is 0 Å². The molecule has 1 aromatic heterocycles. The van der Waals surface area contributed by atoms with Crippen LogP contribution in [0.3, 0.4) is 0 Å². The van der Waals surface area contributed by atoms with Crippen LogP contribution < -0.4 is 10.6 Å². The summed E-state index contributed by atoms with van der Waals surface area (Å²) < 4.78 is 2.14. The van der Waals surface area contributed by atoms with Crippen LogP contribution in [0.4, 0.5) is 0 Å². The third-order valence-corrected chi connectivity index (χ3v) is 3.45. The lowest BCUT2D eigenvalue weighted by atomic mass is 10.2. The van der Waals surface area contributed by atoms with Gasteiger partial charge in [-0.2, -0.15) is 0 Å². The number of hydrogen-bond donors (Lipinski definition) is 2. The summed E-state index contributed by atoms with van der Waals surface area (Å²) >= 11 is 0. The SMILES string of the molecule is O=C1CCC(Cn2cncc2CNC2CC2)N1. The van der Waals surface area contributed by atoms with Gasteiger partial charge in [-0.25, -0.2) is 4.98 Å². The maximum absolute atomic E-state index is 11.1. The van der Waals surface area contributed by atoms with Gasteiger partial charge < -0.3 is 15.2 Å². The zero-order valence-electron chi connectivity index (χ0n) is 9.85. The molecule has 1 aliphatic carbocycles. The summed E-state index contributed by atoms with van der Waals surface area (Å²) in [5.41, 5.74) is 1.21. The average Bonchev–Trinajstić information content (AvgIpc) is 2.90. The normalized spacial score (nSPS) is 24.0. The van der Waals surface area contributed by atoms with Crippen LogP contribution >= 0.6 is 0 Å². The zero-order chi connectivity index (χ0) is 11.7. The standard InChI is InChI=1S/C12H18N4O/c17-12-4-3-10(15-12)7-16-8-13-5-11(16)6-14-9-1-2-9/h5,8-10,14H,1-4,6-7H2,(H,15,17). The molecule has 17 heavy (non-hydrogen) atoms. The van der Waals surface area contributed by atoms with Crippen LogP contribution in [-0.4, -0.2) is 27.5 Å². The molecule has 1 aliphatic heterocycles. The van der Waals surface area contributed by atoms with E-state index >= 15 is 0 Å². The summed E-state index contributed by atoms with van der Waals surface area (Å²) in [5, 5.41) is 6.47. The molecule has 0 bridgehead atoms. The van der Waals surface area contributed by atoms with E-state index in [1.54, 1.807) is 0 Å². The van der Waals surface area contributed by atoms with Gasteiger partial charge in [0.2, 0.25) is 5.91 Å². The Hall–Kier alpha value is -1.36. The fourth-order valence-electron chi connectivity index (χ4n) is 2.25. The van der Waals surface area contributed by atoms with Crippen LogP contribution in [0.5, 0.6) is 0 Å². The second kappa shape index (κ2) is 4.49. The monoisotopic (exact) mass is 234 g/mol. The van der Waals surface area contributed by atoms with Crippen molar-refractivity contribution in [1.29, 1.82) is 0 Å². The van der Waals surface area contributed by atoms with Crippen molar-refractivity contribution in [2.75, 3.05) is 0 Å². The topological polar surface area (TPSA) is 59.0 Å². The van der Waals surface area contributed by atoms with E-state index in [4.69, 9.17) is 0 Å². The number of imidazole rings is 1. The fraction of sp³-hybridized carbons (Fsp3) is 0.667. The van der Waals surface area contributed by atoms with Gasteiger partial charge in [-0.3, -0.25) is 4.79 Å². The minimum Gasteiger partial charge on any atom is -0.352 e. The van der Waals surface area contributed by atoms with Crippen molar-refractivity contribution < 1.29 is 4.79 Å². The summed E-state index contributed by atoms with van der Waals surface area (Å²) in [6.07, 6.45) is 7.96. The molecule has 0 spiro atoms. The predicted octanol–water partition coefficient (Wildman–Crippen LogP) is 0.414. The highest BCUT2D eigenvalue weighted by Gasteiger charge is 2.23. The van der Waals surface area contributed by atoms with Gasteiger partial charge in [0.05, 0.1) is 12.0 Å². The van der Waals surface area contributed by atoms with Crippen LogP contribution in [-0.2, 0) is 17.9 Å². The molecule has 1 aromatic rings. The first-order valence-corrected chi connectivity index (χ1v) is 6.33. The fourth-order valence-corrected chi connectivity index (χ4v) is 2.25. The van der Waals surface area contributed by atoms with E-state index in [0.717, 1.165) is 19.5 Å². The second-order valence-electron chi connectivity index (χ2n) is 5.00. The van der Waals surface area contributed by atoms with Crippen molar-refractivity contribution in [1.82, 2.24) is 20.2 Å². The van der Waals surface area contributed by atoms with Crippen molar-refractivity contribution in [2.45, 2.75) is 50.9 Å². The average molecular weight is 234 g/mol. The first-order chi connectivity index (χ1) is 8.31.